The molecule has 1 N–H and O–H groups in total. The smallest absolute Gasteiger partial charge is 0.489 e. The van der Waals surface area contributed by atoms with Crippen LogP contribution in [-0.4, -0.2) is 16.3 Å². The van der Waals surface area contributed by atoms with Gasteiger partial charge < -0.3 is 19.4 Å². The van der Waals surface area contributed by atoms with Gasteiger partial charge in [0.2, 0.25) is 0 Å². The zero-order chi connectivity index (χ0) is 21.7. The molecule has 9 heteroatoms. The van der Waals surface area contributed by atoms with Crippen LogP contribution in [0.1, 0.15) is 16.8 Å². The molecule has 158 valence electrons. The number of hydrogen-bond donors (Lipinski definition) is 1. The highest BCUT2D eigenvalue weighted by atomic mass is 19.4. The number of pyridine rings is 1. The van der Waals surface area contributed by atoms with Gasteiger partial charge in [-0.25, -0.2) is 0 Å². The van der Waals surface area contributed by atoms with E-state index in [9.17, 15) is 23.2 Å². The first-order chi connectivity index (χ1) is 14.2. The average molecular weight is 421 g/mol. The van der Waals surface area contributed by atoms with Gasteiger partial charge in [-0.1, -0.05) is 12.1 Å². The van der Waals surface area contributed by atoms with Gasteiger partial charge in [-0.2, -0.15) is 0 Å². The van der Waals surface area contributed by atoms with E-state index in [1.54, 1.807) is 37.3 Å². The van der Waals surface area contributed by atoms with E-state index in [0.29, 0.717) is 33.1 Å². The van der Waals surface area contributed by atoms with Gasteiger partial charge in [-0.05, 0) is 60.5 Å². The van der Waals surface area contributed by atoms with E-state index in [1.165, 1.54) is 30.3 Å². The molecule has 0 spiro atoms. The molecule has 3 rings (SSSR count). The molecule has 0 aliphatic heterocycles. The lowest BCUT2D eigenvalue weighted by molar-refractivity contribution is -0.274. The monoisotopic (exact) mass is 421 g/mol. The lowest BCUT2D eigenvalue weighted by Gasteiger charge is -2.11. The molecule has 0 aliphatic carbocycles. The van der Waals surface area contributed by atoms with Gasteiger partial charge in [0.05, 0.1) is 5.69 Å². The van der Waals surface area contributed by atoms with Gasteiger partial charge in [-0.3, -0.25) is 4.79 Å². The maximum atomic E-state index is 12.2. The summed E-state index contributed by atoms with van der Waals surface area (Å²) in [5.74, 6) is 0.743. The summed E-state index contributed by atoms with van der Waals surface area (Å²) in [5, 5.41) is 9.74. The maximum Gasteiger partial charge on any atom is 0.573 e. The number of halogens is 3. The Hall–Kier alpha value is -3.62. The van der Waals surface area contributed by atoms with Crippen LogP contribution in [0.5, 0.6) is 17.2 Å². The predicted octanol–water partition coefficient (Wildman–Crippen LogP) is 4.45. The Morgan fingerprint density at radius 2 is 1.40 bits per heavy atom. The zero-order valence-electron chi connectivity index (χ0n) is 15.8. The molecule has 0 aliphatic rings. The zero-order valence-corrected chi connectivity index (χ0v) is 15.8. The molecule has 1 heterocycles. The molecule has 0 bridgehead atoms. The maximum absolute atomic E-state index is 12.2. The van der Waals surface area contributed by atoms with Crippen LogP contribution >= 0.6 is 0 Å². The molecule has 0 unspecified atom stereocenters. The van der Waals surface area contributed by atoms with Crippen LogP contribution in [0, 0.1) is 6.92 Å². The van der Waals surface area contributed by atoms with E-state index in [-0.39, 0.29) is 19.0 Å². The first-order valence-electron chi connectivity index (χ1n) is 8.82. The summed E-state index contributed by atoms with van der Waals surface area (Å²) in [7, 11) is 0. The summed E-state index contributed by atoms with van der Waals surface area (Å²) in [4.78, 5) is 11.6. The van der Waals surface area contributed by atoms with Crippen molar-refractivity contribution < 1.29 is 32.6 Å². The number of aromatic nitrogens is 1. The van der Waals surface area contributed by atoms with Crippen molar-refractivity contribution in [2.45, 2.75) is 26.5 Å². The molecule has 0 radical (unpaired) electrons. The van der Waals surface area contributed by atoms with E-state index in [0.717, 1.165) is 0 Å². The van der Waals surface area contributed by atoms with Crippen LogP contribution in [0.3, 0.4) is 0 Å². The van der Waals surface area contributed by atoms with Crippen LogP contribution < -0.4 is 19.8 Å². The van der Waals surface area contributed by atoms with Crippen LogP contribution in [0.2, 0.25) is 0 Å². The van der Waals surface area contributed by atoms with Crippen molar-refractivity contribution in [3.8, 4) is 17.2 Å². The van der Waals surface area contributed by atoms with Gasteiger partial charge in [0.15, 0.2) is 0 Å². The Balaban J connectivity index is 1.53. The second-order valence-electron chi connectivity index (χ2n) is 6.41. The normalized spacial score (nSPS) is 11.2. The summed E-state index contributed by atoms with van der Waals surface area (Å²) in [6.07, 6.45) is -4.73. The van der Waals surface area contributed by atoms with Gasteiger partial charge in [0.1, 0.15) is 30.5 Å². The Bertz CT molecular complexity index is 1040. The molecule has 0 fully saturated rings. The topological polar surface area (TPSA) is 69.9 Å². The van der Waals surface area contributed by atoms with Crippen LogP contribution in [0.25, 0.3) is 0 Å². The Morgan fingerprint density at radius 1 is 0.867 bits per heavy atom. The largest absolute Gasteiger partial charge is 0.573 e. The standard InChI is InChI=1S/C21H18F3NO5/c1-14-10-16(25(27)20(26)11-14)13-29-18-8-6-17(7-9-18)28-12-15-2-4-19(5-3-15)30-21(22,23)24/h2-11,27H,12-13H2,1H3. The third-order valence-corrected chi connectivity index (χ3v) is 4.00. The molecule has 1 aromatic heterocycles. The van der Waals surface area contributed by atoms with Crippen molar-refractivity contribution in [3.63, 3.8) is 0 Å². The fraction of sp³-hybridized carbons (Fsp3) is 0.190. The van der Waals surface area contributed by atoms with Crippen molar-refractivity contribution in [1.82, 2.24) is 4.73 Å². The average Bonchev–Trinajstić information content (AvgIpc) is 2.69. The third-order valence-electron chi connectivity index (χ3n) is 4.00. The number of alkyl halides is 3. The highest BCUT2D eigenvalue weighted by molar-refractivity contribution is 5.32. The second kappa shape index (κ2) is 8.81. The first kappa shape index (κ1) is 21.1. The quantitative estimate of drug-likeness (QED) is 0.571. The fourth-order valence-electron chi connectivity index (χ4n) is 2.61. The molecular weight excluding hydrogens is 403 g/mol. The summed E-state index contributed by atoms with van der Waals surface area (Å²) < 4.78 is 52.0. The minimum atomic E-state index is -4.73. The highest BCUT2D eigenvalue weighted by Crippen LogP contribution is 2.24. The molecule has 2 aromatic carbocycles. The Labute approximate surface area is 169 Å². The number of ether oxygens (including phenoxy) is 3. The Kier molecular flexibility index (Phi) is 6.20. The highest BCUT2D eigenvalue weighted by Gasteiger charge is 2.30. The minimum Gasteiger partial charge on any atom is -0.489 e. The summed E-state index contributed by atoms with van der Waals surface area (Å²) in [6, 6.07) is 15.0. The minimum absolute atomic E-state index is 0.0000305. The van der Waals surface area contributed by atoms with Crippen LogP contribution in [0.4, 0.5) is 13.2 Å². The van der Waals surface area contributed by atoms with Crippen molar-refractivity contribution in [2.75, 3.05) is 0 Å². The SMILES string of the molecule is Cc1cc(COc2ccc(OCc3ccc(OC(F)(F)F)cc3)cc2)n(O)c(=O)c1. The summed E-state index contributed by atoms with van der Waals surface area (Å²) >= 11 is 0. The molecule has 0 saturated carbocycles. The lowest BCUT2D eigenvalue weighted by Crippen LogP contribution is -2.21. The summed E-state index contributed by atoms with van der Waals surface area (Å²) in [5.41, 5.74) is 1.17. The second-order valence-corrected chi connectivity index (χ2v) is 6.41. The van der Waals surface area contributed by atoms with Crippen LogP contribution in [0.15, 0.2) is 65.5 Å². The first-order valence-corrected chi connectivity index (χ1v) is 8.82. The van der Waals surface area contributed by atoms with Crippen molar-refractivity contribution >= 4 is 0 Å². The van der Waals surface area contributed by atoms with Crippen molar-refractivity contribution in [2.24, 2.45) is 0 Å². The lowest BCUT2D eigenvalue weighted by atomic mass is 10.2. The van der Waals surface area contributed by atoms with Crippen molar-refractivity contribution in [1.29, 1.82) is 0 Å². The predicted molar refractivity (Wildman–Crippen MR) is 101 cm³/mol. The summed E-state index contributed by atoms with van der Waals surface area (Å²) in [6.45, 7) is 1.90. The van der Waals surface area contributed by atoms with E-state index < -0.39 is 11.9 Å². The van der Waals surface area contributed by atoms with Gasteiger partial charge >= 0.3 is 6.36 Å². The van der Waals surface area contributed by atoms with E-state index >= 15 is 0 Å². The van der Waals surface area contributed by atoms with Crippen molar-refractivity contribution in [3.05, 3.63) is 87.8 Å². The van der Waals surface area contributed by atoms with E-state index in [4.69, 9.17) is 9.47 Å². The number of aryl methyl sites for hydroxylation is 1. The van der Waals surface area contributed by atoms with E-state index in [2.05, 4.69) is 4.74 Å². The van der Waals surface area contributed by atoms with E-state index in [1.807, 2.05) is 0 Å². The molecule has 0 amide bonds. The molecule has 30 heavy (non-hydrogen) atoms. The Morgan fingerprint density at radius 3 is 1.97 bits per heavy atom. The molecule has 6 nitrogen and oxygen atoms in total. The van der Waals surface area contributed by atoms with Gasteiger partial charge in [0.25, 0.3) is 5.56 Å². The number of nitrogens with zero attached hydrogens (tertiary/aromatic N) is 1. The van der Waals surface area contributed by atoms with Crippen LogP contribution in [-0.2, 0) is 13.2 Å². The fourth-order valence-corrected chi connectivity index (χ4v) is 2.61. The molecule has 0 saturated heterocycles. The number of rotatable bonds is 7. The number of hydrogen-bond acceptors (Lipinski definition) is 5. The van der Waals surface area contributed by atoms with Gasteiger partial charge in [-0.15, -0.1) is 17.9 Å². The molecule has 0 atom stereocenters. The van der Waals surface area contributed by atoms with Gasteiger partial charge in [0, 0.05) is 6.07 Å². The molecular formula is C21H18F3NO5. The number of benzene rings is 2. The molecule has 3 aromatic rings. The third kappa shape index (κ3) is 5.94.